The van der Waals surface area contributed by atoms with E-state index >= 15 is 0 Å². The fraction of sp³-hybridized carbons (Fsp3) is 0.286. The molecule has 102 valence electrons. The maximum Gasteiger partial charge on any atom is 0.328 e. The van der Waals surface area contributed by atoms with Crippen molar-refractivity contribution in [2.24, 2.45) is 0 Å². The molecule has 0 aromatic heterocycles. The molecule has 0 heterocycles. The normalized spacial score (nSPS) is 12.8. The van der Waals surface area contributed by atoms with E-state index in [0.29, 0.717) is 12.1 Å². The Hall–Kier alpha value is -2.14. The molecule has 0 bridgehead atoms. The minimum absolute atomic E-state index is 0.293. The van der Waals surface area contributed by atoms with Crippen LogP contribution in [-0.4, -0.2) is 30.7 Å². The maximum absolute atomic E-state index is 11.7. The van der Waals surface area contributed by atoms with Gasteiger partial charge in [0, 0.05) is 12.6 Å². The first-order valence-corrected chi connectivity index (χ1v) is 5.81. The largest absolute Gasteiger partial charge is 0.478 e. The molecule has 5 heteroatoms. The summed E-state index contributed by atoms with van der Waals surface area (Å²) in [6.45, 7) is 1.97. The highest BCUT2D eigenvalue weighted by molar-refractivity contribution is 5.80. The number of esters is 1. The van der Waals surface area contributed by atoms with Gasteiger partial charge in [0.25, 0.3) is 0 Å². The fourth-order valence-corrected chi connectivity index (χ4v) is 1.63. The number of rotatable bonds is 6. The summed E-state index contributed by atoms with van der Waals surface area (Å²) in [6, 6.07) is 8.52. The number of hydrogen-bond donors (Lipinski definition) is 2. The van der Waals surface area contributed by atoms with Gasteiger partial charge in [-0.15, -0.1) is 0 Å². The van der Waals surface area contributed by atoms with Crippen molar-refractivity contribution < 1.29 is 19.4 Å². The van der Waals surface area contributed by atoms with Gasteiger partial charge in [-0.05, 0) is 12.5 Å². The van der Waals surface area contributed by atoms with Crippen molar-refractivity contribution >= 4 is 11.9 Å². The van der Waals surface area contributed by atoms with Gasteiger partial charge in [0.1, 0.15) is 6.04 Å². The van der Waals surface area contributed by atoms with Gasteiger partial charge in [0.2, 0.25) is 0 Å². The summed E-state index contributed by atoms with van der Waals surface area (Å²) < 4.78 is 4.74. The molecule has 0 saturated carbocycles. The van der Waals surface area contributed by atoms with Crippen LogP contribution in [0.25, 0.3) is 0 Å². The van der Waals surface area contributed by atoms with Gasteiger partial charge in [-0.2, -0.15) is 0 Å². The number of benzene rings is 1. The van der Waals surface area contributed by atoms with E-state index in [4.69, 9.17) is 9.84 Å². The molecule has 2 N–H and O–H groups in total. The topological polar surface area (TPSA) is 75.6 Å². The second-order valence-electron chi connectivity index (χ2n) is 4.08. The van der Waals surface area contributed by atoms with Crippen molar-refractivity contribution in [1.29, 1.82) is 0 Å². The summed E-state index contributed by atoms with van der Waals surface area (Å²) >= 11 is 0. The van der Waals surface area contributed by atoms with Gasteiger partial charge in [-0.25, -0.2) is 9.59 Å². The van der Waals surface area contributed by atoms with Gasteiger partial charge in [0.05, 0.1) is 7.11 Å². The van der Waals surface area contributed by atoms with Crippen LogP contribution in [0.15, 0.2) is 42.0 Å². The number of methoxy groups -OCH3 is 1. The molecule has 0 aliphatic carbocycles. The van der Waals surface area contributed by atoms with Crippen LogP contribution in [0.5, 0.6) is 0 Å². The van der Waals surface area contributed by atoms with E-state index in [1.165, 1.54) is 7.11 Å². The van der Waals surface area contributed by atoms with Crippen LogP contribution in [0.4, 0.5) is 0 Å². The van der Waals surface area contributed by atoms with Crippen molar-refractivity contribution in [3.8, 4) is 0 Å². The molecule has 0 saturated heterocycles. The lowest BCUT2D eigenvalue weighted by Gasteiger charge is -2.16. The minimum atomic E-state index is -1.01. The van der Waals surface area contributed by atoms with Crippen molar-refractivity contribution in [2.75, 3.05) is 13.7 Å². The fourth-order valence-electron chi connectivity index (χ4n) is 1.63. The number of nitrogens with one attached hydrogen (secondary N) is 1. The van der Waals surface area contributed by atoms with Gasteiger partial charge in [0.15, 0.2) is 0 Å². The molecule has 0 spiro atoms. The Balaban J connectivity index is 2.78. The zero-order chi connectivity index (χ0) is 14.3. The molecule has 1 unspecified atom stereocenters. The predicted octanol–water partition coefficient (Wildman–Crippen LogP) is 1.52. The first kappa shape index (κ1) is 14.9. The summed E-state index contributed by atoms with van der Waals surface area (Å²) in [7, 11) is 1.32. The zero-order valence-electron chi connectivity index (χ0n) is 10.9. The standard InChI is InChI=1S/C14H17NO4/c1-10(8-12(16)17)9-15-13(14(18)19-2)11-6-4-3-5-7-11/h3-8,13,15H,9H2,1-2H3,(H,16,17)/b10-8+. The van der Waals surface area contributed by atoms with Crippen molar-refractivity contribution in [2.45, 2.75) is 13.0 Å². The van der Waals surface area contributed by atoms with Crippen LogP contribution < -0.4 is 5.32 Å². The molecular weight excluding hydrogens is 246 g/mol. The molecule has 1 atom stereocenters. The Bertz CT molecular complexity index is 468. The highest BCUT2D eigenvalue weighted by Gasteiger charge is 2.20. The highest BCUT2D eigenvalue weighted by atomic mass is 16.5. The lowest BCUT2D eigenvalue weighted by atomic mass is 10.1. The first-order chi connectivity index (χ1) is 9.04. The van der Waals surface area contributed by atoms with Crippen LogP contribution >= 0.6 is 0 Å². The van der Waals surface area contributed by atoms with E-state index in [0.717, 1.165) is 11.6 Å². The molecule has 0 fully saturated rings. The molecular formula is C14H17NO4. The molecule has 1 aromatic carbocycles. The smallest absolute Gasteiger partial charge is 0.328 e. The summed E-state index contributed by atoms with van der Waals surface area (Å²) in [5.41, 5.74) is 1.40. The van der Waals surface area contributed by atoms with E-state index < -0.39 is 18.0 Å². The second kappa shape index (κ2) is 7.33. The van der Waals surface area contributed by atoms with E-state index in [9.17, 15) is 9.59 Å². The van der Waals surface area contributed by atoms with Gasteiger partial charge >= 0.3 is 11.9 Å². The van der Waals surface area contributed by atoms with Crippen molar-refractivity contribution in [3.63, 3.8) is 0 Å². The Kier molecular flexibility index (Phi) is 5.75. The summed E-state index contributed by atoms with van der Waals surface area (Å²) in [5.74, 6) is -1.41. The minimum Gasteiger partial charge on any atom is -0.478 e. The third kappa shape index (κ3) is 4.93. The Morgan fingerprint density at radius 2 is 2.00 bits per heavy atom. The number of carbonyl (C=O) groups is 2. The average molecular weight is 263 g/mol. The van der Waals surface area contributed by atoms with Crippen LogP contribution in [-0.2, 0) is 14.3 Å². The summed E-state index contributed by atoms with van der Waals surface area (Å²) in [6.07, 6.45) is 1.10. The molecule has 5 nitrogen and oxygen atoms in total. The lowest BCUT2D eigenvalue weighted by molar-refractivity contribution is -0.143. The van der Waals surface area contributed by atoms with E-state index in [2.05, 4.69) is 5.32 Å². The number of ether oxygens (including phenoxy) is 1. The number of carbonyl (C=O) groups excluding carboxylic acids is 1. The van der Waals surface area contributed by atoms with E-state index in [-0.39, 0.29) is 0 Å². The number of carboxylic acids is 1. The van der Waals surface area contributed by atoms with Crippen LogP contribution in [0.1, 0.15) is 18.5 Å². The van der Waals surface area contributed by atoms with Crippen LogP contribution in [0.2, 0.25) is 0 Å². The number of carboxylic acid groups (broad SMARTS) is 1. The van der Waals surface area contributed by atoms with Crippen molar-refractivity contribution in [1.82, 2.24) is 5.32 Å². The molecule has 1 aromatic rings. The molecule has 0 amide bonds. The van der Waals surface area contributed by atoms with E-state index in [1.54, 1.807) is 6.92 Å². The molecule has 1 rings (SSSR count). The van der Waals surface area contributed by atoms with Crippen molar-refractivity contribution in [3.05, 3.63) is 47.5 Å². The third-order valence-electron chi connectivity index (χ3n) is 2.52. The Morgan fingerprint density at radius 1 is 1.37 bits per heavy atom. The van der Waals surface area contributed by atoms with Crippen LogP contribution in [0.3, 0.4) is 0 Å². The van der Waals surface area contributed by atoms with Gasteiger partial charge < -0.3 is 9.84 Å². The molecule has 0 aliphatic rings. The Morgan fingerprint density at radius 3 is 2.53 bits per heavy atom. The quantitative estimate of drug-likeness (QED) is 0.601. The zero-order valence-corrected chi connectivity index (χ0v) is 10.9. The SMILES string of the molecule is COC(=O)C(NC/C(C)=C/C(=O)O)c1ccccc1. The van der Waals surface area contributed by atoms with E-state index in [1.807, 2.05) is 30.3 Å². The Labute approximate surface area is 111 Å². The van der Waals surface area contributed by atoms with Gasteiger partial charge in [-0.1, -0.05) is 35.9 Å². The number of hydrogen-bond acceptors (Lipinski definition) is 4. The third-order valence-corrected chi connectivity index (χ3v) is 2.52. The maximum atomic E-state index is 11.7. The summed E-state index contributed by atoms with van der Waals surface area (Å²) in [5, 5.41) is 11.6. The van der Waals surface area contributed by atoms with Gasteiger partial charge in [-0.3, -0.25) is 5.32 Å². The monoisotopic (exact) mass is 263 g/mol. The molecule has 0 radical (unpaired) electrons. The van der Waals surface area contributed by atoms with Crippen LogP contribution in [0, 0.1) is 0 Å². The lowest BCUT2D eigenvalue weighted by Crippen LogP contribution is -2.30. The highest BCUT2D eigenvalue weighted by Crippen LogP contribution is 2.14. The predicted molar refractivity (Wildman–Crippen MR) is 70.6 cm³/mol. The second-order valence-corrected chi connectivity index (χ2v) is 4.08. The molecule has 0 aliphatic heterocycles. The first-order valence-electron chi connectivity index (χ1n) is 5.81. The molecule has 19 heavy (non-hydrogen) atoms. The average Bonchev–Trinajstić information content (AvgIpc) is 2.39. The number of aliphatic carboxylic acids is 1. The summed E-state index contributed by atoms with van der Waals surface area (Å²) in [4.78, 5) is 22.2.